The fourth-order valence-electron chi connectivity index (χ4n) is 4.21. The lowest BCUT2D eigenvalue weighted by Crippen LogP contribution is -2.43. The maximum atomic E-state index is 12.3. The maximum Gasteiger partial charge on any atom is 0.315 e. The van der Waals surface area contributed by atoms with Gasteiger partial charge in [0.25, 0.3) is 0 Å². The summed E-state index contributed by atoms with van der Waals surface area (Å²) in [5, 5.41) is 8.07. The van der Waals surface area contributed by atoms with Gasteiger partial charge < -0.3 is 4.74 Å². The average Bonchev–Trinajstić information content (AvgIpc) is 3.10. The van der Waals surface area contributed by atoms with E-state index < -0.39 is 0 Å². The molecule has 6 heteroatoms. The Hall–Kier alpha value is -2.11. The highest BCUT2D eigenvalue weighted by Gasteiger charge is 2.48. The molecular weight excluding hydrogens is 362 g/mol. The van der Waals surface area contributed by atoms with Crippen molar-refractivity contribution in [3.8, 4) is 11.3 Å². The first-order valence-electron chi connectivity index (χ1n) is 9.41. The molecule has 5 nitrogen and oxygen atoms in total. The lowest BCUT2D eigenvalue weighted by atomic mass is 9.62. The van der Waals surface area contributed by atoms with Crippen molar-refractivity contribution in [2.24, 2.45) is 5.41 Å². The molecular formula is C21H24ClN3O2. The molecule has 0 bridgehead atoms. The van der Waals surface area contributed by atoms with Crippen LogP contribution in [0.1, 0.15) is 31.2 Å². The second-order valence-electron chi connectivity index (χ2n) is 7.42. The molecule has 142 valence electrons. The first kappa shape index (κ1) is 18.3. The number of halogens is 1. The molecule has 2 heterocycles. The third kappa shape index (κ3) is 3.42. The molecule has 1 N–H and O–H groups in total. The van der Waals surface area contributed by atoms with Crippen LogP contribution in [0.25, 0.3) is 11.3 Å². The lowest BCUT2D eigenvalue weighted by molar-refractivity contribution is -0.155. The number of aromatic nitrogens is 2. The number of rotatable bonds is 5. The van der Waals surface area contributed by atoms with Crippen molar-refractivity contribution < 1.29 is 9.53 Å². The van der Waals surface area contributed by atoms with E-state index in [0.717, 1.165) is 61.6 Å². The minimum Gasteiger partial charge on any atom is -0.468 e. The number of methoxy groups -OCH3 is 1. The summed E-state index contributed by atoms with van der Waals surface area (Å²) >= 11 is 5.99. The second-order valence-corrected chi connectivity index (χ2v) is 7.86. The van der Waals surface area contributed by atoms with Crippen LogP contribution in [-0.2, 0) is 16.1 Å². The topological polar surface area (TPSA) is 58.2 Å². The van der Waals surface area contributed by atoms with Gasteiger partial charge in [-0.25, -0.2) is 0 Å². The quantitative estimate of drug-likeness (QED) is 0.618. The van der Waals surface area contributed by atoms with E-state index in [0.29, 0.717) is 0 Å². The summed E-state index contributed by atoms with van der Waals surface area (Å²) in [6.07, 6.45) is 8.01. The van der Waals surface area contributed by atoms with Gasteiger partial charge in [-0.1, -0.05) is 41.8 Å². The van der Waals surface area contributed by atoms with Gasteiger partial charge in [0.2, 0.25) is 0 Å². The van der Waals surface area contributed by atoms with E-state index in [1.54, 1.807) is 0 Å². The monoisotopic (exact) mass is 385 g/mol. The van der Waals surface area contributed by atoms with Gasteiger partial charge in [0.1, 0.15) is 0 Å². The number of nitrogens with one attached hydrogen (secondary N) is 1. The SMILES string of the molecule is COC(=O)C1(C2=CCN(Cc3cn[nH]c3-c3ccc(Cl)cc3)CC2)CCC1. The summed E-state index contributed by atoms with van der Waals surface area (Å²) in [6.45, 7) is 2.61. The first-order valence-corrected chi connectivity index (χ1v) is 9.79. The molecule has 27 heavy (non-hydrogen) atoms. The summed E-state index contributed by atoms with van der Waals surface area (Å²) < 4.78 is 5.08. The summed E-state index contributed by atoms with van der Waals surface area (Å²) in [4.78, 5) is 14.7. The molecule has 1 aliphatic heterocycles. The number of nitrogens with zero attached hydrogens (tertiary/aromatic N) is 2. The third-order valence-electron chi connectivity index (χ3n) is 5.94. The van der Waals surface area contributed by atoms with Crippen LogP contribution in [0.5, 0.6) is 0 Å². The molecule has 0 unspecified atom stereocenters. The molecule has 1 aromatic carbocycles. The van der Waals surface area contributed by atoms with Gasteiger partial charge in [-0.15, -0.1) is 0 Å². The number of H-pyrrole nitrogens is 1. The number of carbonyl (C=O) groups excluding carboxylic acids is 1. The number of hydrogen-bond acceptors (Lipinski definition) is 4. The summed E-state index contributed by atoms with van der Waals surface area (Å²) in [5.74, 6) is -0.0618. The Morgan fingerprint density at radius 3 is 2.70 bits per heavy atom. The Bertz CT molecular complexity index is 853. The number of benzene rings is 1. The van der Waals surface area contributed by atoms with Gasteiger partial charge >= 0.3 is 5.97 Å². The van der Waals surface area contributed by atoms with Crippen LogP contribution in [-0.4, -0.2) is 41.3 Å². The van der Waals surface area contributed by atoms with Gasteiger partial charge in [0.15, 0.2) is 0 Å². The number of carbonyl (C=O) groups is 1. The average molecular weight is 386 g/mol. The van der Waals surface area contributed by atoms with E-state index in [-0.39, 0.29) is 11.4 Å². The van der Waals surface area contributed by atoms with Gasteiger partial charge in [-0.05, 0) is 37.0 Å². The minimum absolute atomic E-state index is 0.0618. The van der Waals surface area contributed by atoms with Gasteiger partial charge in [-0.2, -0.15) is 5.10 Å². The Labute approximate surface area is 164 Å². The zero-order chi connectivity index (χ0) is 18.9. The van der Waals surface area contributed by atoms with Crippen molar-refractivity contribution >= 4 is 17.6 Å². The van der Waals surface area contributed by atoms with Gasteiger partial charge in [-0.3, -0.25) is 14.8 Å². The molecule has 0 atom stereocenters. The van der Waals surface area contributed by atoms with Crippen molar-refractivity contribution in [3.63, 3.8) is 0 Å². The summed E-state index contributed by atoms with van der Waals surface area (Å²) in [7, 11) is 1.50. The van der Waals surface area contributed by atoms with Gasteiger partial charge in [0.05, 0.1) is 24.4 Å². The number of ether oxygens (including phenoxy) is 1. The standard InChI is InChI=1S/C21H24ClN3O2/c1-27-20(26)21(9-2-10-21)17-7-11-25(12-8-17)14-16-13-23-24-19(16)15-3-5-18(22)6-4-15/h3-7,13H,2,8-12,14H2,1H3,(H,23,24). The molecule has 4 rings (SSSR count). The molecule has 0 amide bonds. The van der Waals surface area contributed by atoms with Crippen LogP contribution in [0, 0.1) is 5.41 Å². The second kappa shape index (κ2) is 7.49. The molecule has 0 saturated heterocycles. The first-order chi connectivity index (χ1) is 13.1. The maximum absolute atomic E-state index is 12.3. The molecule has 1 saturated carbocycles. The zero-order valence-corrected chi connectivity index (χ0v) is 16.3. The van der Waals surface area contributed by atoms with Crippen molar-refractivity contribution in [1.29, 1.82) is 0 Å². The van der Waals surface area contributed by atoms with Gasteiger partial charge in [0, 0.05) is 30.2 Å². The Morgan fingerprint density at radius 2 is 2.11 bits per heavy atom. The molecule has 1 aliphatic carbocycles. The highest BCUT2D eigenvalue weighted by Crippen LogP contribution is 2.49. The van der Waals surface area contributed by atoms with E-state index >= 15 is 0 Å². The van der Waals surface area contributed by atoms with E-state index in [9.17, 15) is 4.79 Å². The predicted octanol–water partition coefficient (Wildman–Crippen LogP) is 4.21. The minimum atomic E-state index is -0.342. The lowest BCUT2D eigenvalue weighted by Gasteiger charge is -2.43. The zero-order valence-electron chi connectivity index (χ0n) is 15.5. The highest BCUT2D eigenvalue weighted by molar-refractivity contribution is 6.30. The number of hydrogen-bond donors (Lipinski definition) is 1. The van der Waals surface area contributed by atoms with E-state index in [1.165, 1.54) is 18.2 Å². The largest absolute Gasteiger partial charge is 0.468 e. The number of aromatic amines is 1. The summed E-state index contributed by atoms with van der Waals surface area (Å²) in [6, 6.07) is 7.79. The van der Waals surface area contributed by atoms with Crippen molar-refractivity contribution in [2.75, 3.05) is 20.2 Å². The van der Waals surface area contributed by atoms with Crippen LogP contribution in [0.4, 0.5) is 0 Å². The van der Waals surface area contributed by atoms with Crippen LogP contribution in [0.3, 0.4) is 0 Å². The van der Waals surface area contributed by atoms with E-state index in [2.05, 4.69) is 21.2 Å². The smallest absolute Gasteiger partial charge is 0.315 e. The van der Waals surface area contributed by atoms with Crippen molar-refractivity contribution in [1.82, 2.24) is 15.1 Å². The Balaban J connectivity index is 1.46. The van der Waals surface area contributed by atoms with E-state index in [4.69, 9.17) is 16.3 Å². The van der Waals surface area contributed by atoms with Crippen LogP contribution in [0.2, 0.25) is 5.02 Å². The van der Waals surface area contributed by atoms with Crippen molar-refractivity contribution in [2.45, 2.75) is 32.2 Å². The Kier molecular flexibility index (Phi) is 5.06. The predicted molar refractivity (Wildman–Crippen MR) is 105 cm³/mol. The third-order valence-corrected chi connectivity index (χ3v) is 6.19. The van der Waals surface area contributed by atoms with Crippen LogP contribution >= 0.6 is 11.6 Å². The molecule has 2 aliphatic rings. The fourth-order valence-corrected chi connectivity index (χ4v) is 4.34. The van der Waals surface area contributed by atoms with Crippen LogP contribution in [0.15, 0.2) is 42.1 Å². The molecule has 0 spiro atoms. The molecule has 1 fully saturated rings. The highest BCUT2D eigenvalue weighted by atomic mass is 35.5. The molecule has 0 radical (unpaired) electrons. The molecule has 1 aromatic heterocycles. The Morgan fingerprint density at radius 1 is 1.33 bits per heavy atom. The normalized spacial score (nSPS) is 19.3. The van der Waals surface area contributed by atoms with Crippen molar-refractivity contribution in [3.05, 3.63) is 52.7 Å². The summed E-state index contributed by atoms with van der Waals surface area (Å²) in [5.41, 5.74) is 4.21. The van der Waals surface area contributed by atoms with Crippen LogP contribution < -0.4 is 0 Å². The fraction of sp³-hybridized carbons (Fsp3) is 0.429. The number of esters is 1. The molecule has 2 aromatic rings. The van der Waals surface area contributed by atoms with E-state index in [1.807, 2.05) is 30.5 Å².